The number of rotatable bonds is 2. The zero-order chi connectivity index (χ0) is 12.5. The van der Waals surface area contributed by atoms with Gasteiger partial charge in [-0.25, -0.2) is 0 Å². The zero-order valence-electron chi connectivity index (χ0n) is 9.28. The molecule has 0 bridgehead atoms. The molecule has 0 saturated heterocycles. The van der Waals surface area contributed by atoms with E-state index in [0.29, 0.717) is 0 Å². The average Bonchev–Trinajstić information content (AvgIpc) is 2.82. The van der Waals surface area contributed by atoms with Gasteiger partial charge in [-0.2, -0.15) is 0 Å². The van der Waals surface area contributed by atoms with E-state index in [2.05, 4.69) is 0 Å². The summed E-state index contributed by atoms with van der Waals surface area (Å²) in [5.41, 5.74) is 0.695. The van der Waals surface area contributed by atoms with Crippen LogP contribution in [-0.2, 0) is 0 Å². The Morgan fingerprint density at radius 3 is 2.78 bits per heavy atom. The Labute approximate surface area is 108 Å². The Morgan fingerprint density at radius 1 is 1.17 bits per heavy atom. The van der Waals surface area contributed by atoms with Crippen LogP contribution in [0.2, 0.25) is 0 Å². The molecular weight excluding hydrogens is 250 g/mol. The van der Waals surface area contributed by atoms with Gasteiger partial charge in [0.1, 0.15) is 5.75 Å². The molecular formula is C13H9NO3S. The van der Waals surface area contributed by atoms with E-state index in [1.165, 1.54) is 6.07 Å². The summed E-state index contributed by atoms with van der Waals surface area (Å²) in [5, 5.41) is 10.7. The molecule has 2 aromatic carbocycles. The summed E-state index contributed by atoms with van der Waals surface area (Å²) in [5.74, 6) is 0.832. The molecule has 1 heterocycles. The minimum atomic E-state index is -0.393. The lowest BCUT2D eigenvalue weighted by atomic mass is 10.2. The van der Waals surface area contributed by atoms with Crippen LogP contribution in [0.3, 0.4) is 0 Å². The molecule has 4 nitrogen and oxygen atoms in total. The largest absolute Gasteiger partial charge is 0.473 e. The number of nitro groups is 1. The summed E-state index contributed by atoms with van der Waals surface area (Å²) in [7, 11) is 0. The van der Waals surface area contributed by atoms with Gasteiger partial charge in [-0.1, -0.05) is 36.0 Å². The molecule has 0 radical (unpaired) electrons. The van der Waals surface area contributed by atoms with Crippen molar-refractivity contribution in [3.63, 3.8) is 0 Å². The summed E-state index contributed by atoms with van der Waals surface area (Å²) in [4.78, 5) is 11.4. The van der Waals surface area contributed by atoms with Crippen molar-refractivity contribution in [3.05, 3.63) is 64.2 Å². The first-order chi connectivity index (χ1) is 8.74. The zero-order valence-corrected chi connectivity index (χ0v) is 10.1. The van der Waals surface area contributed by atoms with Crippen molar-refractivity contribution in [1.82, 2.24) is 0 Å². The molecule has 90 valence electrons. The first-order valence-electron chi connectivity index (χ1n) is 5.41. The van der Waals surface area contributed by atoms with E-state index in [9.17, 15) is 10.1 Å². The predicted molar refractivity (Wildman–Crippen MR) is 68.8 cm³/mol. The number of nitrogens with zero attached hydrogens (tertiary/aromatic N) is 1. The molecule has 0 aromatic heterocycles. The second kappa shape index (κ2) is 4.34. The van der Waals surface area contributed by atoms with E-state index in [1.54, 1.807) is 23.9 Å². The summed E-state index contributed by atoms with van der Waals surface area (Å²) < 4.78 is 5.77. The van der Waals surface area contributed by atoms with Gasteiger partial charge in [0, 0.05) is 17.7 Å². The van der Waals surface area contributed by atoms with Gasteiger partial charge >= 0.3 is 0 Å². The normalized spacial score (nSPS) is 17.0. The third-order valence-corrected chi connectivity index (χ3v) is 3.84. The molecule has 0 N–H and O–H groups in total. The third kappa shape index (κ3) is 1.93. The quantitative estimate of drug-likeness (QED) is 0.608. The lowest BCUT2D eigenvalue weighted by Gasteiger charge is -2.09. The molecule has 0 amide bonds. The molecule has 0 fully saturated rings. The molecule has 0 aliphatic carbocycles. The number of ether oxygens (including phenoxy) is 1. The van der Waals surface area contributed by atoms with E-state index in [4.69, 9.17) is 4.74 Å². The summed E-state index contributed by atoms with van der Waals surface area (Å²) in [6.07, 6.45) is 0. The molecule has 2 aromatic rings. The minimum absolute atomic E-state index is 0.0904. The van der Waals surface area contributed by atoms with E-state index >= 15 is 0 Å². The lowest BCUT2D eigenvalue weighted by molar-refractivity contribution is -0.384. The highest BCUT2D eigenvalue weighted by molar-refractivity contribution is 7.99. The van der Waals surface area contributed by atoms with Gasteiger partial charge in [-0.3, -0.25) is 10.1 Å². The third-order valence-electron chi connectivity index (χ3n) is 2.67. The van der Waals surface area contributed by atoms with Crippen molar-refractivity contribution < 1.29 is 9.66 Å². The monoisotopic (exact) mass is 259 g/mol. The molecule has 5 heteroatoms. The SMILES string of the molecule is O=[N+]([O-])c1cccc(C2Oc3ccccc3S2)c1. The van der Waals surface area contributed by atoms with E-state index < -0.39 is 4.92 Å². The van der Waals surface area contributed by atoms with Gasteiger partial charge in [-0.05, 0) is 12.1 Å². The van der Waals surface area contributed by atoms with Gasteiger partial charge in [0.25, 0.3) is 5.69 Å². The number of nitro benzene ring substituents is 1. The molecule has 18 heavy (non-hydrogen) atoms. The summed E-state index contributed by atoms with van der Waals surface area (Å²) >= 11 is 1.56. The van der Waals surface area contributed by atoms with E-state index in [1.807, 2.05) is 30.3 Å². The van der Waals surface area contributed by atoms with Gasteiger partial charge in [0.2, 0.25) is 0 Å². The smallest absolute Gasteiger partial charge is 0.269 e. The maximum Gasteiger partial charge on any atom is 0.269 e. The van der Waals surface area contributed by atoms with E-state index in [-0.39, 0.29) is 11.1 Å². The number of benzene rings is 2. The number of hydrogen-bond donors (Lipinski definition) is 0. The van der Waals surface area contributed by atoms with Gasteiger partial charge < -0.3 is 4.74 Å². The highest BCUT2D eigenvalue weighted by Crippen LogP contribution is 2.48. The molecule has 0 saturated carbocycles. The number of hydrogen-bond acceptors (Lipinski definition) is 4. The van der Waals surface area contributed by atoms with Crippen LogP contribution in [0.1, 0.15) is 11.0 Å². The topological polar surface area (TPSA) is 52.4 Å². The van der Waals surface area contributed by atoms with Crippen molar-refractivity contribution in [1.29, 1.82) is 0 Å². The van der Waals surface area contributed by atoms with Crippen molar-refractivity contribution in [2.75, 3.05) is 0 Å². The number of non-ortho nitro benzene ring substituents is 1. The first-order valence-corrected chi connectivity index (χ1v) is 6.29. The average molecular weight is 259 g/mol. The molecule has 1 unspecified atom stereocenters. The van der Waals surface area contributed by atoms with Crippen LogP contribution < -0.4 is 4.74 Å². The van der Waals surface area contributed by atoms with Crippen LogP contribution in [0, 0.1) is 10.1 Å². The fourth-order valence-electron chi connectivity index (χ4n) is 1.82. The lowest BCUT2D eigenvalue weighted by Crippen LogP contribution is -1.98. The fraction of sp³-hybridized carbons (Fsp3) is 0.0769. The number of fused-ring (bicyclic) bond motifs is 1. The van der Waals surface area contributed by atoms with Crippen molar-refractivity contribution in [2.24, 2.45) is 0 Å². The Morgan fingerprint density at radius 2 is 2.00 bits per heavy atom. The van der Waals surface area contributed by atoms with Crippen LogP contribution in [0.25, 0.3) is 0 Å². The maximum atomic E-state index is 10.7. The van der Waals surface area contributed by atoms with Gasteiger partial charge in [0.05, 0.1) is 9.82 Å². The standard InChI is InChI=1S/C13H9NO3S/c15-14(16)10-5-3-4-9(8-10)13-17-11-6-1-2-7-12(11)18-13/h1-8,13H. The van der Waals surface area contributed by atoms with Crippen molar-refractivity contribution in [2.45, 2.75) is 10.3 Å². The Kier molecular flexibility index (Phi) is 2.68. The number of para-hydroxylation sites is 1. The molecule has 1 aliphatic heterocycles. The van der Waals surface area contributed by atoms with Crippen LogP contribution in [0.4, 0.5) is 5.69 Å². The van der Waals surface area contributed by atoms with Crippen LogP contribution >= 0.6 is 11.8 Å². The molecule has 1 atom stereocenters. The van der Waals surface area contributed by atoms with E-state index in [0.717, 1.165) is 16.2 Å². The van der Waals surface area contributed by atoms with Crippen LogP contribution in [-0.4, -0.2) is 4.92 Å². The van der Waals surface area contributed by atoms with Gasteiger partial charge in [-0.15, -0.1) is 0 Å². The van der Waals surface area contributed by atoms with Gasteiger partial charge in [0.15, 0.2) is 5.44 Å². The predicted octanol–water partition coefficient (Wildman–Crippen LogP) is 3.78. The summed E-state index contributed by atoms with van der Waals surface area (Å²) in [6, 6.07) is 14.3. The van der Waals surface area contributed by atoms with Crippen LogP contribution in [0.15, 0.2) is 53.4 Å². The van der Waals surface area contributed by atoms with Crippen LogP contribution in [0.5, 0.6) is 5.75 Å². The molecule has 0 spiro atoms. The molecule has 1 aliphatic rings. The Balaban J connectivity index is 1.90. The fourth-order valence-corrected chi connectivity index (χ4v) is 2.88. The first kappa shape index (κ1) is 11.1. The van der Waals surface area contributed by atoms with Crippen molar-refractivity contribution in [3.8, 4) is 5.75 Å². The second-order valence-corrected chi connectivity index (χ2v) is 4.97. The highest BCUT2D eigenvalue weighted by atomic mass is 32.2. The minimum Gasteiger partial charge on any atom is -0.473 e. The number of thioether (sulfide) groups is 1. The highest BCUT2D eigenvalue weighted by Gasteiger charge is 2.25. The Hall–Kier alpha value is -2.01. The second-order valence-electron chi connectivity index (χ2n) is 3.87. The maximum absolute atomic E-state index is 10.7. The van der Waals surface area contributed by atoms with Crippen molar-refractivity contribution >= 4 is 17.4 Å². The Bertz CT molecular complexity index is 590. The summed E-state index contributed by atoms with van der Waals surface area (Å²) in [6.45, 7) is 0. The molecule has 3 rings (SSSR count).